The summed E-state index contributed by atoms with van der Waals surface area (Å²) in [5.74, 6) is 0.107. The fraction of sp³-hybridized carbons (Fsp3) is 0.0351. The third-order valence-corrected chi connectivity index (χ3v) is 23.0. The van der Waals surface area contributed by atoms with Gasteiger partial charge >= 0.3 is 20.1 Å². The van der Waals surface area contributed by atoms with Crippen molar-refractivity contribution in [1.29, 1.82) is 0 Å². The number of hydrogen-bond acceptors (Lipinski definition) is 6. The van der Waals surface area contributed by atoms with Gasteiger partial charge in [0, 0.05) is 22.2 Å². The second-order valence-corrected chi connectivity index (χ2v) is 31.5. The van der Waals surface area contributed by atoms with Crippen LogP contribution >= 0.6 is 9.12 Å². The van der Waals surface area contributed by atoms with Gasteiger partial charge in [-0.1, -0.05) is 349 Å². The number of para-hydroxylation sites is 1. The molecule has 2 atom stereocenters. The Morgan fingerprint density at radius 1 is 0.268 bits per heavy atom. The number of pyridine rings is 5. The van der Waals surface area contributed by atoms with Crippen molar-refractivity contribution in [3.8, 4) is 55.6 Å². The van der Waals surface area contributed by atoms with Crippen LogP contribution in [0.2, 0.25) is 6.82 Å². The predicted molar refractivity (Wildman–Crippen MR) is 520 cm³/mol. The van der Waals surface area contributed by atoms with E-state index in [0.717, 1.165) is 116 Å². The van der Waals surface area contributed by atoms with Crippen molar-refractivity contribution in [2.75, 3.05) is 0 Å². The summed E-state index contributed by atoms with van der Waals surface area (Å²) in [5.41, 5.74) is 27.1. The van der Waals surface area contributed by atoms with E-state index in [1.807, 2.05) is 135 Å². The summed E-state index contributed by atoms with van der Waals surface area (Å²) in [6, 6.07) is 152. The molecule has 6 nitrogen and oxygen atoms in total. The molecule has 23 rings (SSSR count). The summed E-state index contributed by atoms with van der Waals surface area (Å²) in [6.45, 7) is 7.99. The summed E-state index contributed by atoms with van der Waals surface area (Å²) >= 11 is 0. The van der Waals surface area contributed by atoms with Gasteiger partial charge in [0.1, 0.15) is 7.00 Å². The monoisotopic (exact) mass is 1770 g/mol. The molecule has 22 aromatic rings. The van der Waals surface area contributed by atoms with Crippen molar-refractivity contribution in [3.63, 3.8) is 0 Å². The van der Waals surface area contributed by atoms with E-state index in [-0.39, 0.29) is 26.0 Å². The third-order valence-electron chi connectivity index (χ3n) is 23.0. The van der Waals surface area contributed by atoms with E-state index in [1.54, 1.807) is 0 Å². The van der Waals surface area contributed by atoms with Gasteiger partial charge < -0.3 is 15.0 Å². The first kappa shape index (κ1) is 78.5. The number of nitrogens with zero attached hydrogens (tertiary/aromatic N) is 6. The number of aryl methyl sites for hydroxylation is 2. The van der Waals surface area contributed by atoms with Crippen LogP contribution in [-0.2, 0) is 20.1 Å². The van der Waals surface area contributed by atoms with Crippen LogP contribution in [0.5, 0.6) is 0 Å². The van der Waals surface area contributed by atoms with Gasteiger partial charge in [-0.3, -0.25) is 15.0 Å². The summed E-state index contributed by atoms with van der Waals surface area (Å²) in [6.07, 6.45) is 0. The molecule has 0 saturated carbocycles. The van der Waals surface area contributed by atoms with E-state index >= 15 is 0 Å². The summed E-state index contributed by atoms with van der Waals surface area (Å²) in [5, 5.41) is 17.8. The molecule has 16 aromatic carbocycles. The second-order valence-electron chi connectivity index (χ2n) is 30.9. The van der Waals surface area contributed by atoms with Gasteiger partial charge in [0.2, 0.25) is 0 Å². The van der Waals surface area contributed by atoms with Gasteiger partial charge in [-0.15, -0.1) is 72.8 Å². The molecule has 0 spiro atoms. The first-order valence-corrected chi connectivity index (χ1v) is 42.0. The first-order valence-electron chi connectivity index (χ1n) is 41.3. The van der Waals surface area contributed by atoms with Gasteiger partial charge in [0.05, 0.1) is 28.4 Å². The Hall–Kier alpha value is -14.4. The molecule has 0 amide bonds. The molecule has 12 bridgehead atoms. The molecule has 123 heavy (non-hydrogen) atoms. The minimum absolute atomic E-state index is 0. The molecule has 1 radical (unpaired) electrons. The Labute approximate surface area is 731 Å². The molecule has 1 aliphatic heterocycles. The van der Waals surface area contributed by atoms with Gasteiger partial charge in [0.15, 0.2) is 0 Å². The van der Waals surface area contributed by atoms with Crippen molar-refractivity contribution in [2.45, 2.75) is 26.6 Å². The van der Waals surface area contributed by atoms with E-state index < -0.39 is 0 Å². The van der Waals surface area contributed by atoms with E-state index in [9.17, 15) is 0 Å². The van der Waals surface area contributed by atoms with Crippen molar-refractivity contribution in [2.24, 2.45) is 4.99 Å². The first-order chi connectivity index (χ1) is 60.2. The molecular weight excluding hydrogens is 1690 g/mol. The molecule has 1 aliphatic rings. The number of benzene rings is 16. The van der Waals surface area contributed by atoms with Crippen LogP contribution in [-0.4, -0.2) is 37.6 Å². The van der Waals surface area contributed by atoms with Gasteiger partial charge in [-0.05, 0) is 199 Å². The Kier molecular flexibility index (Phi) is 22.2. The van der Waals surface area contributed by atoms with Gasteiger partial charge in [-0.25, -0.2) is 0 Å². The maximum Gasteiger partial charge on any atom is 3.00 e. The zero-order valence-electron chi connectivity index (χ0n) is 67.9. The zero-order chi connectivity index (χ0) is 82.0. The predicted octanol–water partition coefficient (Wildman–Crippen LogP) is 29.7. The SMILES string of the molecule is C[B]P.Cc1cc(-c2ccccc2)c2ccc3c(-c4ccccc4)cc(C)nc3c2n1.[Ir+3].[c-]1c2cccc1c1cccc(n1)c1[c-]c(ccc1)c1cccc(n1)c1[c-]c(ccc1)c1cccc2n1.c1ccc(C2C(c3ccc(-c4ccc5c(-c6ccc7ccccc7c6)c6ccccc6c(-c6ccc7ccccc7c6)c5c4)cc3)=Nc3ccccc32)cc1. The number of fused-ring (bicyclic) bond motifs is 26. The number of aliphatic imine (C=N–C) groups is 1. The topological polar surface area (TPSA) is 76.8 Å². The Morgan fingerprint density at radius 3 is 1.06 bits per heavy atom. The fourth-order valence-electron chi connectivity index (χ4n) is 17.3. The minimum Gasteiger partial charge on any atom is -0.326 e. The molecular formula is C114H78BIrN6P. The van der Waals surface area contributed by atoms with Crippen LogP contribution in [0.1, 0.15) is 34.0 Å². The quantitative estimate of drug-likeness (QED) is 0.0522. The minimum atomic E-state index is 0. The van der Waals surface area contributed by atoms with Crippen LogP contribution in [0, 0.1) is 32.0 Å². The summed E-state index contributed by atoms with van der Waals surface area (Å²) < 4.78 is 0. The normalized spacial score (nSPS) is 12.1. The molecule has 2 unspecified atom stereocenters. The second kappa shape index (κ2) is 34.8. The standard InChI is InChI=1S/C54H35N.C33H18N3.C26H20N2.CH5BP.Ir/c1-2-14-38(15-3-1)53-48-20-10-11-21-50(48)55-54(53)39-26-22-37(23-27-39)42-30-31-47-49(34-42)52(44-29-25-36-13-5-7-17-41(36)33-44)46-19-9-8-18-45(46)51(47)43-28-24-35-12-4-6-16-40(35)32-43;1-7-22-19-23(8-1)29-14-5-16-31(35-29)25-10-3-12-27(21-25)33-18-6-17-32(36-33)26-11-2-9-24(20-26)30-15-4-13-28(22)34-30;1-17-15-23(19-9-5-3-6-10-19)21-13-14-22-24(20-11-7-4-8-12-20)16-18(2)28-26(22)25(21)27-17;1-2-3;/h1-34,53H;1-18H;3-16H,1-2H3;3H2,1H3;/q;-3;;;+3. The van der Waals surface area contributed by atoms with Crippen molar-refractivity contribution < 1.29 is 20.1 Å². The Bertz CT molecular complexity index is 7370. The van der Waals surface area contributed by atoms with Crippen LogP contribution in [0.4, 0.5) is 5.69 Å². The average molecular weight is 1770 g/mol. The van der Waals surface area contributed by atoms with Crippen molar-refractivity contribution >= 4 is 158 Å². The summed E-state index contributed by atoms with van der Waals surface area (Å²) in [4.78, 5) is 29.9. The smallest absolute Gasteiger partial charge is 0.326 e. The van der Waals surface area contributed by atoms with Crippen molar-refractivity contribution in [3.05, 3.63) is 447 Å². The van der Waals surface area contributed by atoms with E-state index in [4.69, 9.17) is 29.9 Å². The van der Waals surface area contributed by atoms with Crippen LogP contribution < -0.4 is 0 Å². The third kappa shape index (κ3) is 15.8. The number of hydrogen-bond donors (Lipinski definition) is 0. The number of rotatable bonds is 7. The maximum atomic E-state index is 5.19. The molecule has 0 saturated heterocycles. The molecule has 581 valence electrons. The van der Waals surface area contributed by atoms with Crippen LogP contribution in [0.3, 0.4) is 0 Å². The molecule has 0 fully saturated rings. The maximum absolute atomic E-state index is 5.19. The van der Waals surface area contributed by atoms with Crippen LogP contribution in [0.25, 0.3) is 186 Å². The molecule has 6 aromatic heterocycles. The average Bonchev–Trinajstić information content (AvgIpc) is 1.20. The molecule has 9 heteroatoms. The van der Waals surface area contributed by atoms with Crippen molar-refractivity contribution in [1.82, 2.24) is 24.9 Å². The summed E-state index contributed by atoms with van der Waals surface area (Å²) in [7, 11) is 2.45. The fourth-order valence-corrected chi connectivity index (χ4v) is 17.3. The van der Waals surface area contributed by atoms with Gasteiger partial charge in [0.25, 0.3) is 0 Å². The number of aromatic nitrogens is 5. The van der Waals surface area contributed by atoms with Crippen LogP contribution in [0.15, 0.2) is 405 Å². The van der Waals surface area contributed by atoms with E-state index in [0.29, 0.717) is 0 Å². The largest absolute Gasteiger partial charge is 3.00 e. The Balaban J connectivity index is 0.000000126. The molecule has 0 aliphatic carbocycles. The van der Waals surface area contributed by atoms with E-state index in [1.165, 1.54) is 110 Å². The zero-order valence-corrected chi connectivity index (χ0v) is 71.4. The van der Waals surface area contributed by atoms with Gasteiger partial charge in [-0.2, -0.15) is 9.12 Å². The van der Waals surface area contributed by atoms with E-state index in [2.05, 4.69) is 320 Å². The molecule has 7 heterocycles. The molecule has 0 N–H and O–H groups in total. The Morgan fingerprint density at radius 2 is 0.610 bits per heavy atom.